The highest BCUT2D eigenvalue weighted by atomic mass is 16.7. The lowest BCUT2D eigenvalue weighted by atomic mass is 9.99. The summed E-state index contributed by atoms with van der Waals surface area (Å²) in [6.07, 6.45) is 53.1. The first-order valence-corrected chi connectivity index (χ1v) is 29.4. The number of hydrogen-bond donors (Lipinski definition) is 6. The zero-order chi connectivity index (χ0) is 48.7. The molecule has 398 valence electrons. The number of allylic oxidation sites excluding steroid dienone is 1. The van der Waals surface area contributed by atoms with E-state index in [1.165, 1.54) is 238 Å². The topological polar surface area (TPSA) is 149 Å². The molecule has 7 atom stereocenters. The Labute approximate surface area is 414 Å². The molecule has 1 rings (SSSR count). The van der Waals surface area contributed by atoms with Crippen molar-refractivity contribution in [2.45, 2.75) is 339 Å². The Morgan fingerprint density at radius 2 is 0.821 bits per heavy atom. The smallest absolute Gasteiger partial charge is 0.220 e. The molecule has 1 fully saturated rings. The summed E-state index contributed by atoms with van der Waals surface area (Å²) in [6.45, 7) is 3.80. The SMILES string of the molecule is CCCCCCCCCCCCCCCCCCCCCCCCCCCCCCCCC/C=C/C(O)C(COC1OC(CO)C(O)C(O)C1O)NC(=O)CCCCCCCCCCCCC. The second kappa shape index (κ2) is 48.6. The van der Waals surface area contributed by atoms with E-state index < -0.39 is 49.5 Å². The third-order valence-corrected chi connectivity index (χ3v) is 14.4. The predicted molar refractivity (Wildman–Crippen MR) is 281 cm³/mol. The summed E-state index contributed by atoms with van der Waals surface area (Å²) in [4.78, 5) is 13.0. The summed E-state index contributed by atoms with van der Waals surface area (Å²) < 4.78 is 11.2. The van der Waals surface area contributed by atoms with Gasteiger partial charge in [-0.3, -0.25) is 4.79 Å². The van der Waals surface area contributed by atoms with Gasteiger partial charge in [-0.05, 0) is 19.3 Å². The molecule has 7 unspecified atom stereocenters. The maximum absolute atomic E-state index is 13.0. The van der Waals surface area contributed by atoms with Crippen LogP contribution in [-0.2, 0) is 14.3 Å². The van der Waals surface area contributed by atoms with Crippen LogP contribution in [0.25, 0.3) is 0 Å². The van der Waals surface area contributed by atoms with Gasteiger partial charge in [0.25, 0.3) is 0 Å². The monoisotopic (exact) mass is 952 g/mol. The number of amides is 1. The third kappa shape index (κ3) is 38.3. The van der Waals surface area contributed by atoms with Gasteiger partial charge in [-0.1, -0.05) is 283 Å². The van der Waals surface area contributed by atoms with E-state index in [-0.39, 0.29) is 12.5 Å². The van der Waals surface area contributed by atoms with Crippen LogP contribution in [0.15, 0.2) is 12.2 Å². The summed E-state index contributed by atoms with van der Waals surface area (Å²) >= 11 is 0. The highest BCUT2D eigenvalue weighted by Gasteiger charge is 2.44. The highest BCUT2D eigenvalue weighted by molar-refractivity contribution is 5.76. The highest BCUT2D eigenvalue weighted by Crippen LogP contribution is 2.23. The Bertz CT molecular complexity index is 1060. The number of aliphatic hydroxyl groups is 5. The molecule has 1 aliphatic rings. The summed E-state index contributed by atoms with van der Waals surface area (Å²) in [7, 11) is 0. The summed E-state index contributed by atoms with van der Waals surface area (Å²) in [6, 6.07) is -0.799. The molecule has 0 aromatic heterocycles. The summed E-state index contributed by atoms with van der Waals surface area (Å²) in [5.41, 5.74) is 0. The lowest BCUT2D eigenvalue weighted by Crippen LogP contribution is -2.60. The van der Waals surface area contributed by atoms with Crippen molar-refractivity contribution in [2.75, 3.05) is 13.2 Å². The number of carbonyl (C=O) groups excluding carboxylic acids is 1. The molecule has 0 aromatic rings. The standard InChI is InChI=1S/C58H113NO8/c1-3-5-7-9-11-13-15-16-17-18-19-20-21-22-23-24-25-26-27-28-29-30-31-32-33-34-35-36-38-39-41-43-45-47-52(61)51(50-66-58-57(65)56(64)55(63)53(49-60)67-58)59-54(62)48-46-44-42-40-37-14-12-10-8-6-4-2/h45,47,51-53,55-58,60-61,63-65H,3-44,46,48-50H2,1-2H3,(H,59,62)/b47-45+. The number of unbranched alkanes of at least 4 members (excludes halogenated alkanes) is 41. The van der Waals surface area contributed by atoms with E-state index in [0.29, 0.717) is 6.42 Å². The first-order chi connectivity index (χ1) is 32.8. The molecule has 0 saturated carbocycles. The Morgan fingerprint density at radius 1 is 0.493 bits per heavy atom. The Morgan fingerprint density at radius 3 is 1.16 bits per heavy atom. The van der Waals surface area contributed by atoms with E-state index in [9.17, 15) is 30.3 Å². The largest absolute Gasteiger partial charge is 0.394 e. The summed E-state index contributed by atoms with van der Waals surface area (Å²) in [5.74, 6) is -0.174. The fraction of sp³-hybridized carbons (Fsp3) is 0.948. The maximum atomic E-state index is 13.0. The number of carbonyl (C=O) groups is 1. The van der Waals surface area contributed by atoms with Crippen LogP contribution in [-0.4, -0.2) is 87.5 Å². The molecule has 0 radical (unpaired) electrons. The van der Waals surface area contributed by atoms with E-state index in [1.54, 1.807) is 6.08 Å². The molecular weight excluding hydrogens is 839 g/mol. The quantitative estimate of drug-likeness (QED) is 0.0261. The fourth-order valence-electron chi connectivity index (χ4n) is 9.69. The Hall–Kier alpha value is -1.07. The Balaban J connectivity index is 2.09. The molecule has 1 saturated heterocycles. The minimum absolute atomic E-state index is 0.174. The van der Waals surface area contributed by atoms with E-state index >= 15 is 0 Å². The van der Waals surface area contributed by atoms with Crippen molar-refractivity contribution >= 4 is 5.91 Å². The van der Waals surface area contributed by atoms with Crippen molar-refractivity contribution in [1.82, 2.24) is 5.32 Å². The van der Waals surface area contributed by atoms with Crippen molar-refractivity contribution in [3.05, 3.63) is 12.2 Å². The molecule has 1 amide bonds. The predicted octanol–water partition coefficient (Wildman–Crippen LogP) is 14.4. The Kier molecular flexibility index (Phi) is 46.3. The van der Waals surface area contributed by atoms with Gasteiger partial charge in [-0.2, -0.15) is 0 Å². The van der Waals surface area contributed by atoms with E-state index in [0.717, 1.165) is 38.5 Å². The van der Waals surface area contributed by atoms with Gasteiger partial charge < -0.3 is 40.3 Å². The van der Waals surface area contributed by atoms with Crippen LogP contribution >= 0.6 is 0 Å². The van der Waals surface area contributed by atoms with Crippen molar-refractivity contribution in [3.63, 3.8) is 0 Å². The number of rotatable bonds is 51. The van der Waals surface area contributed by atoms with Gasteiger partial charge >= 0.3 is 0 Å². The van der Waals surface area contributed by atoms with Gasteiger partial charge in [0.1, 0.15) is 24.4 Å². The lowest BCUT2D eigenvalue weighted by Gasteiger charge is -2.40. The van der Waals surface area contributed by atoms with Crippen LogP contribution in [0.3, 0.4) is 0 Å². The number of aliphatic hydroxyl groups excluding tert-OH is 5. The molecule has 9 heteroatoms. The van der Waals surface area contributed by atoms with Crippen LogP contribution in [0.5, 0.6) is 0 Å². The normalized spacial score (nSPS) is 19.7. The van der Waals surface area contributed by atoms with Gasteiger partial charge in [0.05, 0.1) is 25.4 Å². The molecule has 0 bridgehead atoms. The minimum atomic E-state index is -1.56. The number of nitrogens with one attached hydrogen (secondary N) is 1. The third-order valence-electron chi connectivity index (χ3n) is 14.4. The zero-order valence-corrected chi connectivity index (χ0v) is 44.2. The first kappa shape index (κ1) is 63.9. The molecular formula is C58H113NO8. The van der Waals surface area contributed by atoms with Gasteiger partial charge in [-0.25, -0.2) is 0 Å². The molecule has 9 nitrogen and oxygen atoms in total. The van der Waals surface area contributed by atoms with Crippen LogP contribution in [0.4, 0.5) is 0 Å². The molecule has 1 heterocycles. The van der Waals surface area contributed by atoms with E-state index in [1.807, 2.05) is 6.08 Å². The van der Waals surface area contributed by atoms with Crippen molar-refractivity contribution in [3.8, 4) is 0 Å². The molecule has 67 heavy (non-hydrogen) atoms. The van der Waals surface area contributed by atoms with Crippen LogP contribution in [0.1, 0.15) is 296 Å². The average Bonchev–Trinajstić information content (AvgIpc) is 3.33. The van der Waals surface area contributed by atoms with Crippen LogP contribution < -0.4 is 5.32 Å². The molecule has 1 aliphatic heterocycles. The van der Waals surface area contributed by atoms with Crippen LogP contribution in [0, 0.1) is 0 Å². The molecule has 0 aliphatic carbocycles. The van der Waals surface area contributed by atoms with Crippen molar-refractivity contribution in [1.29, 1.82) is 0 Å². The average molecular weight is 953 g/mol. The lowest BCUT2D eigenvalue weighted by molar-refractivity contribution is -0.302. The van der Waals surface area contributed by atoms with Gasteiger partial charge in [0.15, 0.2) is 6.29 Å². The summed E-state index contributed by atoms with van der Waals surface area (Å²) in [5, 5.41) is 54.4. The molecule has 0 spiro atoms. The second-order valence-electron chi connectivity index (χ2n) is 20.8. The fourth-order valence-corrected chi connectivity index (χ4v) is 9.69. The minimum Gasteiger partial charge on any atom is -0.394 e. The zero-order valence-electron chi connectivity index (χ0n) is 44.2. The van der Waals surface area contributed by atoms with Crippen molar-refractivity contribution in [2.24, 2.45) is 0 Å². The molecule has 6 N–H and O–H groups in total. The van der Waals surface area contributed by atoms with E-state index in [4.69, 9.17) is 9.47 Å². The van der Waals surface area contributed by atoms with Gasteiger partial charge in [0, 0.05) is 6.42 Å². The van der Waals surface area contributed by atoms with Crippen molar-refractivity contribution < 1.29 is 39.8 Å². The molecule has 0 aromatic carbocycles. The maximum Gasteiger partial charge on any atom is 0.220 e. The van der Waals surface area contributed by atoms with Gasteiger partial charge in [-0.15, -0.1) is 0 Å². The van der Waals surface area contributed by atoms with E-state index in [2.05, 4.69) is 19.2 Å². The number of hydrogen-bond acceptors (Lipinski definition) is 8. The van der Waals surface area contributed by atoms with Crippen LogP contribution in [0.2, 0.25) is 0 Å². The first-order valence-electron chi connectivity index (χ1n) is 29.4. The second-order valence-corrected chi connectivity index (χ2v) is 20.8. The van der Waals surface area contributed by atoms with Gasteiger partial charge in [0.2, 0.25) is 5.91 Å². The number of ether oxygens (including phenoxy) is 2.